The first-order chi connectivity index (χ1) is 16.1. The Morgan fingerprint density at radius 1 is 1.00 bits per heavy atom. The zero-order chi connectivity index (χ0) is 23.0. The van der Waals surface area contributed by atoms with E-state index in [1.165, 1.54) is 11.1 Å². The first kappa shape index (κ1) is 23.1. The monoisotopic (exact) mass is 522 g/mol. The summed E-state index contributed by atoms with van der Waals surface area (Å²) in [6.45, 7) is 2.54. The van der Waals surface area contributed by atoms with Crippen molar-refractivity contribution in [1.29, 1.82) is 0 Å². The van der Waals surface area contributed by atoms with Gasteiger partial charge in [-0.2, -0.15) is 9.78 Å². The Bertz CT molecular complexity index is 1220. The highest BCUT2D eigenvalue weighted by molar-refractivity contribution is 9.10. The fraction of sp³-hybridized carbons (Fsp3) is 0.160. The van der Waals surface area contributed by atoms with Crippen molar-refractivity contribution in [3.8, 4) is 11.5 Å². The number of benzene rings is 3. The van der Waals surface area contributed by atoms with Crippen LogP contribution in [-0.2, 0) is 12.4 Å². The minimum Gasteiger partial charge on any atom is -0.493 e. The number of rotatable bonds is 9. The van der Waals surface area contributed by atoms with Gasteiger partial charge in [-0.1, -0.05) is 69.7 Å². The minimum atomic E-state index is 0.458. The number of hydrogen-bond acceptors (Lipinski definition) is 6. The van der Waals surface area contributed by atoms with Crippen LogP contribution in [-0.4, -0.2) is 28.2 Å². The van der Waals surface area contributed by atoms with Crippen LogP contribution in [0.4, 0.5) is 0 Å². The van der Waals surface area contributed by atoms with Crippen molar-refractivity contribution < 1.29 is 9.47 Å². The molecule has 4 rings (SSSR count). The van der Waals surface area contributed by atoms with E-state index in [2.05, 4.69) is 62.4 Å². The lowest BCUT2D eigenvalue weighted by molar-refractivity contribution is 0.284. The van der Waals surface area contributed by atoms with Crippen molar-refractivity contribution in [2.45, 2.75) is 24.4 Å². The number of hydrogen-bond donors (Lipinski definition) is 0. The third-order valence-corrected chi connectivity index (χ3v) is 6.35. The first-order valence-corrected chi connectivity index (χ1v) is 12.1. The Hall–Kier alpha value is -3.10. The summed E-state index contributed by atoms with van der Waals surface area (Å²) >= 11 is 5.03. The molecule has 3 aromatic carbocycles. The molecule has 0 atom stereocenters. The standard InChI is InChI=1S/C25H23BrN4O2S/c1-18-3-5-20(6-4-18)16-33-25-29-27-17-30(25)28-14-21-9-12-23(24(13-21)31-2)32-15-19-7-10-22(26)11-8-19/h3-14,17H,15-16H2,1-2H3/b28-14+. The van der Waals surface area contributed by atoms with Crippen LogP contribution in [0.1, 0.15) is 22.3 Å². The van der Waals surface area contributed by atoms with Gasteiger partial charge in [-0.3, -0.25) is 0 Å². The smallest absolute Gasteiger partial charge is 0.212 e. The largest absolute Gasteiger partial charge is 0.493 e. The maximum Gasteiger partial charge on any atom is 0.212 e. The van der Waals surface area contributed by atoms with Crippen LogP contribution in [0.15, 0.2) is 87.8 Å². The SMILES string of the molecule is COc1cc(/C=N/n2cnnc2SCc2ccc(C)cc2)ccc1OCc1ccc(Br)cc1. The van der Waals surface area contributed by atoms with Crippen LogP contribution in [0, 0.1) is 6.92 Å². The fourth-order valence-electron chi connectivity index (χ4n) is 2.98. The van der Waals surface area contributed by atoms with Gasteiger partial charge < -0.3 is 9.47 Å². The summed E-state index contributed by atoms with van der Waals surface area (Å²) in [6.07, 6.45) is 3.35. The van der Waals surface area contributed by atoms with E-state index in [-0.39, 0.29) is 0 Å². The van der Waals surface area contributed by atoms with Gasteiger partial charge in [-0.25, -0.2) is 0 Å². The Kier molecular flexibility index (Phi) is 7.80. The van der Waals surface area contributed by atoms with E-state index in [1.807, 2.05) is 42.5 Å². The number of aromatic nitrogens is 3. The lowest BCUT2D eigenvalue weighted by atomic mass is 10.2. The van der Waals surface area contributed by atoms with Crippen molar-refractivity contribution in [3.63, 3.8) is 0 Å². The predicted octanol–water partition coefficient (Wildman–Crippen LogP) is 6.11. The molecule has 33 heavy (non-hydrogen) atoms. The van der Waals surface area contributed by atoms with Gasteiger partial charge in [-0.15, -0.1) is 10.2 Å². The molecule has 168 valence electrons. The van der Waals surface area contributed by atoms with Crippen molar-refractivity contribution in [3.05, 3.63) is 99.8 Å². The predicted molar refractivity (Wildman–Crippen MR) is 135 cm³/mol. The van der Waals surface area contributed by atoms with Gasteiger partial charge in [0.1, 0.15) is 12.9 Å². The van der Waals surface area contributed by atoms with Gasteiger partial charge in [0.25, 0.3) is 0 Å². The summed E-state index contributed by atoms with van der Waals surface area (Å²) in [7, 11) is 1.63. The summed E-state index contributed by atoms with van der Waals surface area (Å²) in [4.78, 5) is 0. The van der Waals surface area contributed by atoms with E-state index in [1.54, 1.807) is 36.1 Å². The zero-order valence-corrected chi connectivity index (χ0v) is 20.7. The highest BCUT2D eigenvalue weighted by Gasteiger charge is 2.07. The second-order valence-electron chi connectivity index (χ2n) is 7.30. The third kappa shape index (κ3) is 6.46. The van der Waals surface area contributed by atoms with Gasteiger partial charge in [-0.05, 0) is 53.9 Å². The van der Waals surface area contributed by atoms with E-state index in [0.717, 1.165) is 26.5 Å². The van der Waals surface area contributed by atoms with Crippen LogP contribution >= 0.6 is 27.7 Å². The molecular weight excluding hydrogens is 500 g/mol. The Morgan fingerprint density at radius 2 is 1.76 bits per heavy atom. The number of ether oxygens (including phenoxy) is 2. The molecule has 0 aliphatic rings. The van der Waals surface area contributed by atoms with Crippen molar-refractivity contribution in [2.24, 2.45) is 5.10 Å². The maximum atomic E-state index is 5.95. The Morgan fingerprint density at radius 3 is 2.52 bits per heavy atom. The molecule has 0 saturated carbocycles. The summed E-state index contributed by atoms with van der Waals surface area (Å²) in [5, 5.41) is 13.4. The topological polar surface area (TPSA) is 61.5 Å². The molecule has 0 fully saturated rings. The van der Waals surface area contributed by atoms with E-state index in [4.69, 9.17) is 9.47 Å². The first-order valence-electron chi connectivity index (χ1n) is 10.3. The molecule has 4 aromatic rings. The molecule has 0 aliphatic carbocycles. The second-order valence-corrected chi connectivity index (χ2v) is 9.16. The number of aryl methyl sites for hydroxylation is 1. The molecule has 0 bridgehead atoms. The van der Waals surface area contributed by atoms with Crippen molar-refractivity contribution in [1.82, 2.24) is 14.9 Å². The van der Waals surface area contributed by atoms with Gasteiger partial charge >= 0.3 is 0 Å². The number of nitrogens with zero attached hydrogens (tertiary/aromatic N) is 4. The zero-order valence-electron chi connectivity index (χ0n) is 18.3. The summed E-state index contributed by atoms with van der Waals surface area (Å²) < 4.78 is 14.2. The molecule has 0 aliphatic heterocycles. The van der Waals surface area contributed by atoms with E-state index in [0.29, 0.717) is 18.1 Å². The summed E-state index contributed by atoms with van der Waals surface area (Å²) in [5.41, 5.74) is 4.43. The second kappa shape index (κ2) is 11.2. The van der Waals surface area contributed by atoms with Crippen LogP contribution in [0.3, 0.4) is 0 Å². The molecule has 0 amide bonds. The lowest BCUT2D eigenvalue weighted by Gasteiger charge is -2.11. The van der Waals surface area contributed by atoms with Crippen LogP contribution in [0.5, 0.6) is 11.5 Å². The molecule has 0 unspecified atom stereocenters. The van der Waals surface area contributed by atoms with Gasteiger partial charge in [0, 0.05) is 10.2 Å². The van der Waals surface area contributed by atoms with Crippen LogP contribution in [0.25, 0.3) is 0 Å². The third-order valence-electron chi connectivity index (χ3n) is 4.82. The molecule has 0 saturated heterocycles. The van der Waals surface area contributed by atoms with Gasteiger partial charge in [0.15, 0.2) is 11.5 Å². The van der Waals surface area contributed by atoms with Crippen molar-refractivity contribution >= 4 is 33.9 Å². The molecule has 1 aromatic heterocycles. The Balaban J connectivity index is 1.40. The molecule has 0 N–H and O–H groups in total. The molecule has 0 spiro atoms. The van der Waals surface area contributed by atoms with Crippen molar-refractivity contribution in [2.75, 3.05) is 7.11 Å². The van der Waals surface area contributed by atoms with E-state index < -0.39 is 0 Å². The molecule has 6 nitrogen and oxygen atoms in total. The highest BCUT2D eigenvalue weighted by Crippen LogP contribution is 2.29. The molecule has 1 heterocycles. The Labute approximate surface area is 205 Å². The van der Waals surface area contributed by atoms with Gasteiger partial charge in [0.05, 0.1) is 13.3 Å². The quantitative estimate of drug-likeness (QED) is 0.196. The number of methoxy groups -OCH3 is 1. The highest BCUT2D eigenvalue weighted by atomic mass is 79.9. The van der Waals surface area contributed by atoms with E-state index in [9.17, 15) is 0 Å². The fourth-order valence-corrected chi connectivity index (χ4v) is 4.06. The van der Waals surface area contributed by atoms with Gasteiger partial charge in [0.2, 0.25) is 5.16 Å². The normalized spacial score (nSPS) is 11.1. The molecular formula is C25H23BrN4O2S. The van der Waals surface area contributed by atoms with Crippen LogP contribution in [0.2, 0.25) is 0 Å². The lowest BCUT2D eigenvalue weighted by Crippen LogP contribution is -1.99. The minimum absolute atomic E-state index is 0.458. The van der Waals surface area contributed by atoms with Crippen LogP contribution < -0.4 is 9.47 Å². The average molecular weight is 523 g/mol. The summed E-state index contributed by atoms with van der Waals surface area (Å²) in [5.74, 6) is 2.12. The summed E-state index contributed by atoms with van der Waals surface area (Å²) in [6, 6.07) is 22.2. The molecule has 0 radical (unpaired) electrons. The maximum absolute atomic E-state index is 5.95. The number of thioether (sulfide) groups is 1. The average Bonchev–Trinajstić information content (AvgIpc) is 3.29. The number of halogens is 1. The van der Waals surface area contributed by atoms with E-state index >= 15 is 0 Å². The molecule has 8 heteroatoms.